The number of benzene rings is 1. The smallest absolute Gasteiger partial charge is 0.253 e. The summed E-state index contributed by atoms with van der Waals surface area (Å²) < 4.78 is 2.22. The van der Waals surface area contributed by atoms with E-state index in [0.29, 0.717) is 23.4 Å². The summed E-state index contributed by atoms with van der Waals surface area (Å²) in [5.74, 6) is 1.36. The normalized spacial score (nSPS) is 16.4. The summed E-state index contributed by atoms with van der Waals surface area (Å²) in [6, 6.07) is 8.06. The zero-order valence-electron chi connectivity index (χ0n) is 21.6. The lowest BCUT2D eigenvalue weighted by Crippen LogP contribution is -2.46. The van der Waals surface area contributed by atoms with Crippen molar-refractivity contribution in [3.63, 3.8) is 0 Å². The van der Waals surface area contributed by atoms with Crippen LogP contribution in [0.1, 0.15) is 67.8 Å². The van der Waals surface area contributed by atoms with Crippen LogP contribution >= 0.6 is 0 Å². The summed E-state index contributed by atoms with van der Waals surface area (Å²) >= 11 is 0. The van der Waals surface area contributed by atoms with Gasteiger partial charge in [-0.25, -0.2) is 4.98 Å². The van der Waals surface area contributed by atoms with Crippen LogP contribution in [0.5, 0.6) is 0 Å². The molecule has 0 bridgehead atoms. The van der Waals surface area contributed by atoms with Gasteiger partial charge in [0.25, 0.3) is 5.91 Å². The van der Waals surface area contributed by atoms with Crippen LogP contribution in [0.2, 0.25) is 0 Å². The van der Waals surface area contributed by atoms with Gasteiger partial charge in [0, 0.05) is 50.0 Å². The van der Waals surface area contributed by atoms with Crippen molar-refractivity contribution in [2.75, 3.05) is 49.9 Å². The van der Waals surface area contributed by atoms with E-state index in [4.69, 9.17) is 20.7 Å². The second-order valence-corrected chi connectivity index (χ2v) is 10.0. The topological polar surface area (TPSA) is 126 Å². The molecule has 0 radical (unpaired) electrons. The second-order valence-electron chi connectivity index (χ2n) is 10.0. The number of carbonyl (C=O) groups is 1. The van der Waals surface area contributed by atoms with Crippen molar-refractivity contribution in [3.05, 3.63) is 36.2 Å². The zero-order valence-corrected chi connectivity index (χ0v) is 21.6. The van der Waals surface area contributed by atoms with Gasteiger partial charge in [-0.2, -0.15) is 9.97 Å². The molecule has 37 heavy (non-hydrogen) atoms. The Morgan fingerprint density at radius 2 is 1.78 bits per heavy atom. The van der Waals surface area contributed by atoms with Crippen molar-refractivity contribution in [2.24, 2.45) is 5.73 Å². The van der Waals surface area contributed by atoms with Crippen molar-refractivity contribution in [3.8, 4) is 0 Å². The first-order chi connectivity index (χ1) is 18.2. The van der Waals surface area contributed by atoms with E-state index in [1.807, 2.05) is 35.5 Å². The SMILES string of the molecule is NCCCCCCNc1nc(Nc2ccc(C(=O)N3CCNCC3)cc2)c2ncn(C3CCCC3)c2n1. The molecule has 3 aromatic rings. The monoisotopic (exact) mass is 505 g/mol. The number of imidazole rings is 1. The van der Waals surface area contributed by atoms with E-state index >= 15 is 0 Å². The highest BCUT2D eigenvalue weighted by Gasteiger charge is 2.22. The molecule has 5 rings (SSSR count). The van der Waals surface area contributed by atoms with E-state index in [-0.39, 0.29) is 5.91 Å². The summed E-state index contributed by atoms with van der Waals surface area (Å²) in [5.41, 5.74) is 8.79. The largest absolute Gasteiger partial charge is 0.354 e. The molecule has 1 aliphatic heterocycles. The van der Waals surface area contributed by atoms with Gasteiger partial charge in [0.05, 0.1) is 6.33 Å². The van der Waals surface area contributed by atoms with Crippen LogP contribution in [0.15, 0.2) is 30.6 Å². The van der Waals surface area contributed by atoms with Gasteiger partial charge in [-0.05, 0) is 56.5 Å². The van der Waals surface area contributed by atoms with E-state index in [1.165, 1.54) is 12.8 Å². The van der Waals surface area contributed by atoms with Gasteiger partial charge in [0.15, 0.2) is 17.0 Å². The Kier molecular flexibility index (Phi) is 8.47. The Bertz CT molecular complexity index is 1160. The summed E-state index contributed by atoms with van der Waals surface area (Å²) in [6.45, 7) is 4.72. The number of nitrogens with two attached hydrogens (primary N) is 1. The van der Waals surface area contributed by atoms with Crippen LogP contribution in [0.4, 0.5) is 17.5 Å². The van der Waals surface area contributed by atoms with Crippen molar-refractivity contribution >= 4 is 34.5 Å². The number of rotatable bonds is 11. The number of hydrogen-bond donors (Lipinski definition) is 4. The zero-order chi connectivity index (χ0) is 25.5. The molecule has 1 saturated carbocycles. The third kappa shape index (κ3) is 6.19. The molecular weight excluding hydrogens is 466 g/mol. The van der Waals surface area contributed by atoms with Gasteiger partial charge in [0.1, 0.15) is 0 Å². The molecule has 1 aliphatic carbocycles. The molecular formula is C27H39N9O. The average molecular weight is 506 g/mol. The molecule has 5 N–H and O–H groups in total. The van der Waals surface area contributed by atoms with E-state index in [1.54, 1.807) is 0 Å². The van der Waals surface area contributed by atoms with Gasteiger partial charge in [-0.1, -0.05) is 25.7 Å². The number of unbranched alkanes of at least 4 members (excludes halogenated alkanes) is 3. The lowest BCUT2D eigenvalue weighted by atomic mass is 10.1. The molecule has 0 unspecified atom stereocenters. The molecule has 2 aromatic heterocycles. The summed E-state index contributed by atoms with van der Waals surface area (Å²) in [6.07, 6.45) is 11.1. The second kappa shape index (κ2) is 12.3. The summed E-state index contributed by atoms with van der Waals surface area (Å²) in [5, 5.41) is 10.1. The van der Waals surface area contributed by atoms with Gasteiger partial charge in [-0.3, -0.25) is 4.79 Å². The van der Waals surface area contributed by atoms with Crippen molar-refractivity contribution in [1.29, 1.82) is 0 Å². The molecule has 10 nitrogen and oxygen atoms in total. The minimum atomic E-state index is 0.0748. The predicted octanol–water partition coefficient (Wildman–Crippen LogP) is 3.66. The quantitative estimate of drug-likeness (QED) is 0.291. The number of piperazine rings is 1. The van der Waals surface area contributed by atoms with Crippen molar-refractivity contribution in [1.82, 2.24) is 29.7 Å². The maximum atomic E-state index is 12.8. The maximum absolute atomic E-state index is 12.8. The van der Waals surface area contributed by atoms with E-state index < -0.39 is 0 Å². The molecule has 3 heterocycles. The number of nitrogens with zero attached hydrogens (tertiary/aromatic N) is 5. The lowest BCUT2D eigenvalue weighted by Gasteiger charge is -2.27. The minimum absolute atomic E-state index is 0.0748. The van der Waals surface area contributed by atoms with Crippen LogP contribution in [-0.4, -0.2) is 69.6 Å². The number of hydrogen-bond acceptors (Lipinski definition) is 8. The van der Waals surface area contributed by atoms with Gasteiger partial charge in [0.2, 0.25) is 5.95 Å². The summed E-state index contributed by atoms with van der Waals surface area (Å²) in [7, 11) is 0. The van der Waals surface area contributed by atoms with E-state index in [0.717, 1.165) is 94.6 Å². The third-order valence-corrected chi connectivity index (χ3v) is 7.35. The number of aromatic nitrogens is 4. The van der Waals surface area contributed by atoms with Gasteiger partial charge in [-0.15, -0.1) is 0 Å². The Balaban J connectivity index is 1.34. The number of nitrogens with one attached hydrogen (secondary N) is 3. The Morgan fingerprint density at radius 1 is 1.03 bits per heavy atom. The Morgan fingerprint density at radius 3 is 2.54 bits per heavy atom. The molecule has 2 fully saturated rings. The van der Waals surface area contributed by atoms with Crippen LogP contribution < -0.4 is 21.7 Å². The standard InChI is InChI=1S/C27H39N9O/c28-13-5-1-2-6-14-30-27-33-24(23-25(34-27)36(19-31-23)22-7-3-4-8-22)32-21-11-9-20(10-12-21)26(37)35-17-15-29-16-18-35/h9-12,19,22,29H,1-8,13-18,28H2,(H2,30,32,33,34). The highest BCUT2D eigenvalue weighted by molar-refractivity contribution is 5.95. The van der Waals surface area contributed by atoms with E-state index in [2.05, 4.69) is 20.5 Å². The van der Waals surface area contributed by atoms with Crippen LogP contribution in [0.3, 0.4) is 0 Å². The molecule has 1 amide bonds. The van der Waals surface area contributed by atoms with E-state index in [9.17, 15) is 4.79 Å². The fraction of sp³-hybridized carbons (Fsp3) is 0.556. The molecule has 0 spiro atoms. The molecule has 2 aliphatic rings. The van der Waals surface area contributed by atoms with Crippen molar-refractivity contribution in [2.45, 2.75) is 57.4 Å². The fourth-order valence-electron chi connectivity index (χ4n) is 5.24. The van der Waals surface area contributed by atoms with Crippen LogP contribution in [0, 0.1) is 0 Å². The van der Waals surface area contributed by atoms with Crippen LogP contribution in [0.25, 0.3) is 11.2 Å². The number of amides is 1. The average Bonchev–Trinajstić information content (AvgIpc) is 3.61. The lowest BCUT2D eigenvalue weighted by molar-refractivity contribution is 0.0736. The molecule has 0 atom stereocenters. The first-order valence-corrected chi connectivity index (χ1v) is 13.8. The maximum Gasteiger partial charge on any atom is 0.253 e. The number of anilines is 3. The Labute approximate surface area is 218 Å². The molecule has 1 saturated heterocycles. The number of carbonyl (C=O) groups excluding carboxylic acids is 1. The molecule has 198 valence electrons. The minimum Gasteiger partial charge on any atom is -0.354 e. The van der Waals surface area contributed by atoms with Gasteiger partial charge >= 0.3 is 0 Å². The van der Waals surface area contributed by atoms with Crippen LogP contribution in [-0.2, 0) is 0 Å². The third-order valence-electron chi connectivity index (χ3n) is 7.35. The molecule has 1 aromatic carbocycles. The highest BCUT2D eigenvalue weighted by Crippen LogP contribution is 2.33. The molecule has 10 heteroatoms. The van der Waals surface area contributed by atoms with Crippen molar-refractivity contribution < 1.29 is 4.79 Å². The number of fused-ring (bicyclic) bond motifs is 1. The fourth-order valence-corrected chi connectivity index (χ4v) is 5.24. The highest BCUT2D eigenvalue weighted by atomic mass is 16.2. The van der Waals surface area contributed by atoms with Gasteiger partial charge < -0.3 is 31.2 Å². The summed E-state index contributed by atoms with van der Waals surface area (Å²) in [4.78, 5) is 29.1. The first kappa shape index (κ1) is 25.4. The predicted molar refractivity (Wildman–Crippen MR) is 147 cm³/mol. The Hall–Kier alpha value is -3.24. The first-order valence-electron chi connectivity index (χ1n) is 13.8.